The molecule has 0 saturated heterocycles. The van der Waals surface area contributed by atoms with Crippen molar-refractivity contribution in [3.63, 3.8) is 0 Å². The molecule has 0 saturated carbocycles. The minimum atomic E-state index is -0.350. The Labute approximate surface area is 127 Å². The monoisotopic (exact) mass is 307 g/mol. The first-order valence-electron chi connectivity index (χ1n) is 6.40. The van der Waals surface area contributed by atoms with Gasteiger partial charge in [-0.2, -0.15) is 0 Å². The minimum Gasteiger partial charge on any atom is -0.483 e. The summed E-state index contributed by atoms with van der Waals surface area (Å²) in [6.07, 6.45) is 0. The summed E-state index contributed by atoms with van der Waals surface area (Å²) in [7, 11) is 0. The normalized spacial score (nSPS) is 10.3. The zero-order chi connectivity index (χ0) is 15.4. The molecule has 1 N–H and O–H groups in total. The molecule has 0 heterocycles. The molecular weight excluding hydrogens is 293 g/mol. The van der Waals surface area contributed by atoms with Crippen molar-refractivity contribution in [2.75, 3.05) is 11.9 Å². The predicted octanol–water partition coefficient (Wildman–Crippen LogP) is 4.11. The van der Waals surface area contributed by atoms with Crippen molar-refractivity contribution in [2.45, 2.75) is 13.8 Å². The van der Waals surface area contributed by atoms with Gasteiger partial charge in [0.15, 0.2) is 6.61 Å². The lowest BCUT2D eigenvalue weighted by Gasteiger charge is -2.12. The predicted molar refractivity (Wildman–Crippen MR) is 81.5 cm³/mol. The van der Waals surface area contributed by atoms with Gasteiger partial charge in [0.2, 0.25) is 0 Å². The summed E-state index contributed by atoms with van der Waals surface area (Å²) in [5, 5.41) is 3.27. The summed E-state index contributed by atoms with van der Waals surface area (Å²) in [6, 6.07) is 9.11. The number of aryl methyl sites for hydroxylation is 2. The molecule has 21 heavy (non-hydrogen) atoms. The Bertz CT molecular complexity index is 633. The molecule has 0 aliphatic carbocycles. The van der Waals surface area contributed by atoms with E-state index in [1.807, 2.05) is 13.8 Å². The van der Waals surface area contributed by atoms with Crippen molar-refractivity contribution in [2.24, 2.45) is 0 Å². The van der Waals surface area contributed by atoms with Gasteiger partial charge in [-0.05, 0) is 61.4 Å². The molecule has 0 bridgehead atoms. The number of ether oxygens (including phenoxy) is 1. The molecule has 3 nitrogen and oxygen atoms in total. The highest BCUT2D eigenvalue weighted by molar-refractivity contribution is 6.30. The molecule has 0 spiro atoms. The number of halogens is 2. The maximum atomic E-state index is 12.8. The number of anilines is 1. The molecule has 110 valence electrons. The zero-order valence-electron chi connectivity index (χ0n) is 11.7. The van der Waals surface area contributed by atoms with E-state index in [2.05, 4.69) is 5.32 Å². The molecule has 0 aliphatic heterocycles. The van der Waals surface area contributed by atoms with E-state index in [-0.39, 0.29) is 18.3 Å². The van der Waals surface area contributed by atoms with Gasteiger partial charge in [0.1, 0.15) is 11.6 Å². The summed E-state index contributed by atoms with van der Waals surface area (Å²) in [6.45, 7) is 3.61. The molecular formula is C16H15ClFNO2. The van der Waals surface area contributed by atoms with Gasteiger partial charge < -0.3 is 10.1 Å². The fourth-order valence-corrected chi connectivity index (χ4v) is 2.32. The fourth-order valence-electron chi connectivity index (χ4n) is 1.99. The van der Waals surface area contributed by atoms with Crippen LogP contribution in [0, 0.1) is 19.7 Å². The van der Waals surface area contributed by atoms with Gasteiger partial charge in [0.05, 0.1) is 0 Å². The lowest BCUT2D eigenvalue weighted by Crippen LogP contribution is -2.20. The summed E-state index contributed by atoms with van der Waals surface area (Å²) in [5.41, 5.74) is 2.26. The molecule has 2 aromatic rings. The number of benzene rings is 2. The second-order valence-electron chi connectivity index (χ2n) is 4.71. The highest BCUT2D eigenvalue weighted by Gasteiger charge is 2.09. The van der Waals surface area contributed by atoms with E-state index in [1.165, 1.54) is 24.3 Å². The molecule has 0 unspecified atom stereocenters. The standard InChI is InChI=1S/C16H15ClFNO2/c1-10-7-12(17)8-11(2)16(10)21-9-15(20)19-14-5-3-13(18)4-6-14/h3-8H,9H2,1-2H3,(H,19,20). The number of hydrogen-bond donors (Lipinski definition) is 1. The second kappa shape index (κ2) is 6.59. The third-order valence-electron chi connectivity index (χ3n) is 2.90. The number of carbonyl (C=O) groups excluding carboxylic acids is 1. The Hall–Kier alpha value is -2.07. The van der Waals surface area contributed by atoms with E-state index in [4.69, 9.17) is 16.3 Å². The number of rotatable bonds is 4. The first-order valence-corrected chi connectivity index (χ1v) is 6.78. The van der Waals surface area contributed by atoms with Crippen LogP contribution >= 0.6 is 11.6 Å². The van der Waals surface area contributed by atoms with Crippen LogP contribution < -0.4 is 10.1 Å². The van der Waals surface area contributed by atoms with E-state index >= 15 is 0 Å². The lowest BCUT2D eigenvalue weighted by atomic mass is 10.1. The van der Waals surface area contributed by atoms with Crippen LogP contribution in [0.25, 0.3) is 0 Å². The fraction of sp³-hybridized carbons (Fsp3) is 0.188. The Kier molecular flexibility index (Phi) is 4.81. The molecule has 2 rings (SSSR count). The van der Waals surface area contributed by atoms with Crippen LogP contribution in [0.15, 0.2) is 36.4 Å². The van der Waals surface area contributed by atoms with Gasteiger partial charge in [-0.1, -0.05) is 11.6 Å². The van der Waals surface area contributed by atoms with Crippen molar-refractivity contribution in [1.29, 1.82) is 0 Å². The molecule has 0 aromatic heterocycles. The number of nitrogens with one attached hydrogen (secondary N) is 1. The number of amides is 1. The van der Waals surface area contributed by atoms with Crippen LogP contribution in [-0.2, 0) is 4.79 Å². The summed E-state index contributed by atoms with van der Waals surface area (Å²) in [4.78, 5) is 11.8. The SMILES string of the molecule is Cc1cc(Cl)cc(C)c1OCC(=O)Nc1ccc(F)cc1. The van der Waals surface area contributed by atoms with Crippen molar-refractivity contribution in [1.82, 2.24) is 0 Å². The van der Waals surface area contributed by atoms with Crippen molar-refractivity contribution in [3.8, 4) is 5.75 Å². The van der Waals surface area contributed by atoms with Gasteiger partial charge >= 0.3 is 0 Å². The van der Waals surface area contributed by atoms with Crippen LogP contribution in [-0.4, -0.2) is 12.5 Å². The smallest absolute Gasteiger partial charge is 0.262 e. The number of hydrogen-bond acceptors (Lipinski definition) is 2. The third-order valence-corrected chi connectivity index (χ3v) is 3.12. The summed E-state index contributed by atoms with van der Waals surface area (Å²) in [5.74, 6) is -0.0133. The minimum absolute atomic E-state index is 0.124. The highest BCUT2D eigenvalue weighted by Crippen LogP contribution is 2.26. The Morgan fingerprint density at radius 2 is 1.76 bits per heavy atom. The average molecular weight is 308 g/mol. The summed E-state index contributed by atoms with van der Waals surface area (Å²) >= 11 is 5.94. The second-order valence-corrected chi connectivity index (χ2v) is 5.15. The van der Waals surface area contributed by atoms with Crippen molar-refractivity contribution >= 4 is 23.2 Å². The Balaban J connectivity index is 1.97. The molecule has 0 radical (unpaired) electrons. The van der Waals surface area contributed by atoms with E-state index in [9.17, 15) is 9.18 Å². The van der Waals surface area contributed by atoms with E-state index in [1.54, 1.807) is 12.1 Å². The topological polar surface area (TPSA) is 38.3 Å². The van der Waals surface area contributed by atoms with Gasteiger partial charge in [-0.25, -0.2) is 4.39 Å². The first-order chi connectivity index (χ1) is 9.95. The first kappa shape index (κ1) is 15.3. The quantitative estimate of drug-likeness (QED) is 0.923. The highest BCUT2D eigenvalue weighted by atomic mass is 35.5. The molecule has 0 aliphatic rings. The average Bonchev–Trinajstić information content (AvgIpc) is 2.40. The van der Waals surface area contributed by atoms with Crippen LogP contribution in [0.1, 0.15) is 11.1 Å². The van der Waals surface area contributed by atoms with Gasteiger partial charge in [0, 0.05) is 10.7 Å². The van der Waals surface area contributed by atoms with Gasteiger partial charge in [-0.3, -0.25) is 4.79 Å². The third kappa shape index (κ3) is 4.20. The van der Waals surface area contributed by atoms with Crippen LogP contribution in [0.2, 0.25) is 5.02 Å². The summed E-state index contributed by atoms with van der Waals surface area (Å²) < 4.78 is 18.3. The van der Waals surface area contributed by atoms with Crippen LogP contribution in [0.3, 0.4) is 0 Å². The number of carbonyl (C=O) groups is 1. The Morgan fingerprint density at radius 3 is 2.33 bits per heavy atom. The van der Waals surface area contributed by atoms with E-state index in [0.717, 1.165) is 11.1 Å². The zero-order valence-corrected chi connectivity index (χ0v) is 12.5. The largest absolute Gasteiger partial charge is 0.483 e. The van der Waals surface area contributed by atoms with Gasteiger partial charge in [-0.15, -0.1) is 0 Å². The maximum Gasteiger partial charge on any atom is 0.262 e. The molecule has 0 fully saturated rings. The maximum absolute atomic E-state index is 12.8. The van der Waals surface area contributed by atoms with E-state index in [0.29, 0.717) is 16.5 Å². The molecule has 0 atom stereocenters. The molecule has 2 aromatic carbocycles. The van der Waals surface area contributed by atoms with Gasteiger partial charge in [0.25, 0.3) is 5.91 Å². The van der Waals surface area contributed by atoms with Crippen LogP contribution in [0.5, 0.6) is 5.75 Å². The van der Waals surface area contributed by atoms with E-state index < -0.39 is 0 Å². The molecule has 5 heteroatoms. The lowest BCUT2D eigenvalue weighted by molar-refractivity contribution is -0.118. The molecule has 1 amide bonds. The van der Waals surface area contributed by atoms with Crippen LogP contribution in [0.4, 0.5) is 10.1 Å². The van der Waals surface area contributed by atoms with Crippen molar-refractivity contribution < 1.29 is 13.9 Å². The Morgan fingerprint density at radius 1 is 1.19 bits per heavy atom. The van der Waals surface area contributed by atoms with Crippen molar-refractivity contribution in [3.05, 3.63) is 58.4 Å².